The number of anilines is 1. The Bertz CT molecular complexity index is 793. The summed E-state index contributed by atoms with van der Waals surface area (Å²) < 4.78 is 17.9. The van der Waals surface area contributed by atoms with Crippen LogP contribution in [0.2, 0.25) is 0 Å². The van der Waals surface area contributed by atoms with Crippen molar-refractivity contribution in [2.24, 2.45) is 0 Å². The zero-order valence-corrected chi connectivity index (χ0v) is 15.8. The Morgan fingerprint density at radius 1 is 1.32 bits per heavy atom. The maximum Gasteiger partial charge on any atom is 0.351 e. The summed E-state index contributed by atoms with van der Waals surface area (Å²) >= 11 is 0. The largest absolute Gasteiger partial charge is 0.481 e. The Labute approximate surface area is 160 Å². The zero-order valence-electron chi connectivity index (χ0n) is 15.8. The standard InChI is InChI=1S/C17H23N3O8/c1-4-10-14(28-13(24)6-5-12(22)23)15(26-3)16(27-10)20-8-7-11(18-9(2)21)19-17(20)25/h7-8,10,14-16H,4-6H2,1-3H3,(H,22,23)(H,18,19,21,25)/t10-,14?,15+,16-/m1/s1. The third-order valence-corrected chi connectivity index (χ3v) is 4.18. The summed E-state index contributed by atoms with van der Waals surface area (Å²) in [5.74, 6) is -2.06. The molecule has 1 aromatic heterocycles. The van der Waals surface area contributed by atoms with Crippen molar-refractivity contribution in [1.82, 2.24) is 9.55 Å². The number of amides is 1. The van der Waals surface area contributed by atoms with Gasteiger partial charge in [0.05, 0.1) is 18.9 Å². The van der Waals surface area contributed by atoms with Crippen LogP contribution in [0.1, 0.15) is 39.3 Å². The van der Waals surface area contributed by atoms with Crippen LogP contribution in [0.25, 0.3) is 0 Å². The molecule has 4 atom stereocenters. The molecule has 0 bridgehead atoms. The highest BCUT2D eigenvalue weighted by Gasteiger charge is 2.48. The lowest BCUT2D eigenvalue weighted by molar-refractivity contribution is -0.158. The van der Waals surface area contributed by atoms with Crippen LogP contribution >= 0.6 is 0 Å². The summed E-state index contributed by atoms with van der Waals surface area (Å²) in [4.78, 5) is 49.8. The second-order valence-corrected chi connectivity index (χ2v) is 6.21. The van der Waals surface area contributed by atoms with Crippen LogP contribution in [0.4, 0.5) is 5.82 Å². The van der Waals surface area contributed by atoms with Crippen LogP contribution in [0.15, 0.2) is 17.1 Å². The molecule has 11 heteroatoms. The fourth-order valence-electron chi connectivity index (χ4n) is 2.93. The molecule has 2 N–H and O–H groups in total. The van der Waals surface area contributed by atoms with Gasteiger partial charge in [-0.1, -0.05) is 6.92 Å². The van der Waals surface area contributed by atoms with E-state index in [1.54, 1.807) is 0 Å². The van der Waals surface area contributed by atoms with E-state index in [9.17, 15) is 19.2 Å². The highest BCUT2D eigenvalue weighted by molar-refractivity contribution is 5.87. The summed E-state index contributed by atoms with van der Waals surface area (Å²) in [5.41, 5.74) is -0.675. The van der Waals surface area contributed by atoms with Crippen molar-refractivity contribution >= 4 is 23.7 Å². The molecule has 1 unspecified atom stereocenters. The minimum atomic E-state index is -1.11. The molecule has 1 fully saturated rings. The summed E-state index contributed by atoms with van der Waals surface area (Å²) in [6.45, 7) is 3.11. The number of nitrogens with zero attached hydrogens (tertiary/aromatic N) is 2. The number of carboxylic acid groups (broad SMARTS) is 1. The first-order valence-electron chi connectivity index (χ1n) is 8.73. The molecule has 1 aromatic rings. The number of carboxylic acids is 1. The first-order chi connectivity index (χ1) is 13.3. The van der Waals surface area contributed by atoms with E-state index >= 15 is 0 Å². The topological polar surface area (TPSA) is 146 Å². The molecule has 0 spiro atoms. The summed E-state index contributed by atoms with van der Waals surface area (Å²) in [6, 6.07) is 1.44. The Kier molecular flexibility index (Phi) is 7.24. The minimum absolute atomic E-state index is 0.101. The third-order valence-electron chi connectivity index (χ3n) is 4.18. The molecule has 2 rings (SSSR count). The molecule has 0 aliphatic carbocycles. The van der Waals surface area contributed by atoms with E-state index in [0.29, 0.717) is 6.42 Å². The molecule has 2 heterocycles. The first kappa shape index (κ1) is 21.5. The average Bonchev–Trinajstić information content (AvgIpc) is 2.96. The van der Waals surface area contributed by atoms with E-state index in [2.05, 4.69) is 10.3 Å². The fourth-order valence-corrected chi connectivity index (χ4v) is 2.93. The van der Waals surface area contributed by atoms with Crippen molar-refractivity contribution in [3.8, 4) is 0 Å². The van der Waals surface area contributed by atoms with E-state index in [4.69, 9.17) is 19.3 Å². The van der Waals surface area contributed by atoms with Crippen LogP contribution in [0.3, 0.4) is 0 Å². The lowest BCUT2D eigenvalue weighted by Gasteiger charge is -2.23. The Morgan fingerprint density at radius 2 is 2.04 bits per heavy atom. The molecule has 0 aromatic carbocycles. The molecule has 154 valence electrons. The van der Waals surface area contributed by atoms with Gasteiger partial charge in [-0.15, -0.1) is 0 Å². The van der Waals surface area contributed by atoms with Gasteiger partial charge < -0.3 is 24.6 Å². The van der Waals surface area contributed by atoms with Crippen LogP contribution in [0.5, 0.6) is 0 Å². The van der Waals surface area contributed by atoms with Crippen molar-refractivity contribution in [3.05, 3.63) is 22.7 Å². The Morgan fingerprint density at radius 3 is 2.57 bits per heavy atom. The number of carbonyl (C=O) groups excluding carboxylic acids is 2. The normalized spacial score (nSPS) is 24.0. The van der Waals surface area contributed by atoms with Gasteiger partial charge >= 0.3 is 17.6 Å². The number of esters is 1. The van der Waals surface area contributed by atoms with Gasteiger partial charge in [0.25, 0.3) is 0 Å². The number of aliphatic carboxylic acids is 1. The molecule has 1 saturated heterocycles. The quantitative estimate of drug-likeness (QED) is 0.591. The van der Waals surface area contributed by atoms with Gasteiger partial charge in [-0.25, -0.2) is 4.79 Å². The van der Waals surface area contributed by atoms with E-state index < -0.39 is 42.2 Å². The second kappa shape index (κ2) is 9.42. The molecule has 0 saturated carbocycles. The van der Waals surface area contributed by atoms with E-state index in [1.807, 2.05) is 6.92 Å². The maximum atomic E-state index is 12.4. The number of rotatable bonds is 8. The highest BCUT2D eigenvalue weighted by atomic mass is 16.6. The fraction of sp³-hybridized carbons (Fsp3) is 0.588. The molecule has 1 aliphatic heterocycles. The highest BCUT2D eigenvalue weighted by Crippen LogP contribution is 2.34. The number of hydrogen-bond donors (Lipinski definition) is 2. The van der Waals surface area contributed by atoms with Gasteiger partial charge in [0.1, 0.15) is 11.9 Å². The average molecular weight is 397 g/mol. The number of aromatic nitrogens is 2. The Balaban J connectivity index is 2.21. The smallest absolute Gasteiger partial charge is 0.351 e. The van der Waals surface area contributed by atoms with E-state index in [1.165, 1.54) is 30.9 Å². The van der Waals surface area contributed by atoms with Crippen molar-refractivity contribution in [1.29, 1.82) is 0 Å². The van der Waals surface area contributed by atoms with E-state index in [-0.39, 0.29) is 24.6 Å². The van der Waals surface area contributed by atoms with E-state index in [0.717, 1.165) is 0 Å². The summed E-state index contributed by atoms with van der Waals surface area (Å²) in [5, 5.41) is 11.1. The molecular weight excluding hydrogens is 374 g/mol. The van der Waals surface area contributed by atoms with Crippen LogP contribution in [-0.2, 0) is 28.6 Å². The van der Waals surface area contributed by atoms with Gasteiger partial charge in [-0.2, -0.15) is 4.98 Å². The molecule has 1 aliphatic rings. The number of nitrogens with one attached hydrogen (secondary N) is 1. The van der Waals surface area contributed by atoms with Gasteiger partial charge in [0.2, 0.25) is 5.91 Å². The zero-order chi connectivity index (χ0) is 20.8. The lowest BCUT2D eigenvalue weighted by atomic mass is 10.1. The molecule has 11 nitrogen and oxygen atoms in total. The van der Waals surface area contributed by atoms with Crippen LogP contribution in [0, 0.1) is 0 Å². The van der Waals surface area contributed by atoms with Crippen molar-refractivity contribution in [2.45, 2.75) is 57.6 Å². The van der Waals surface area contributed by atoms with Gasteiger partial charge in [-0.3, -0.25) is 19.0 Å². The number of carbonyl (C=O) groups is 3. The van der Waals surface area contributed by atoms with Crippen LogP contribution in [-0.4, -0.2) is 57.9 Å². The first-order valence-corrected chi connectivity index (χ1v) is 8.73. The predicted molar refractivity (Wildman–Crippen MR) is 94.5 cm³/mol. The van der Waals surface area contributed by atoms with Crippen molar-refractivity contribution in [2.75, 3.05) is 12.4 Å². The van der Waals surface area contributed by atoms with Crippen LogP contribution < -0.4 is 11.0 Å². The van der Waals surface area contributed by atoms with Gasteiger partial charge in [0, 0.05) is 20.2 Å². The molecule has 0 radical (unpaired) electrons. The van der Waals surface area contributed by atoms with Crippen molar-refractivity contribution < 1.29 is 33.7 Å². The summed E-state index contributed by atoms with van der Waals surface area (Å²) in [7, 11) is 1.39. The monoisotopic (exact) mass is 397 g/mol. The third kappa shape index (κ3) is 5.14. The van der Waals surface area contributed by atoms with Gasteiger partial charge in [-0.05, 0) is 12.5 Å². The summed E-state index contributed by atoms with van der Waals surface area (Å²) in [6.07, 6.45) is -1.83. The lowest BCUT2D eigenvalue weighted by Crippen LogP contribution is -2.39. The predicted octanol–water partition coefficient (Wildman–Crippen LogP) is 0.301. The number of ether oxygens (including phenoxy) is 3. The number of methoxy groups -OCH3 is 1. The molecule has 28 heavy (non-hydrogen) atoms. The second-order valence-electron chi connectivity index (χ2n) is 6.21. The number of hydrogen-bond acceptors (Lipinski definition) is 8. The van der Waals surface area contributed by atoms with Gasteiger partial charge in [0.15, 0.2) is 12.3 Å². The SMILES string of the molecule is CC[C@H]1O[C@@H](n2ccc(NC(C)=O)nc2=O)[C@@H](OC)C1OC(=O)CCC(=O)O. The molecular formula is C17H23N3O8. The minimum Gasteiger partial charge on any atom is -0.481 e. The Hall–Kier alpha value is -2.79. The van der Waals surface area contributed by atoms with Crippen molar-refractivity contribution in [3.63, 3.8) is 0 Å². The maximum absolute atomic E-state index is 12.4. The molecule has 1 amide bonds.